The van der Waals surface area contributed by atoms with Crippen LogP contribution in [0, 0.1) is 0 Å². The molecule has 1 aromatic rings. The Balaban J connectivity index is 2.82. The molecule has 2 rings (SSSR count). The van der Waals surface area contributed by atoms with Gasteiger partial charge in [-0.3, -0.25) is 0 Å². The van der Waals surface area contributed by atoms with E-state index < -0.39 is 16.9 Å². The lowest BCUT2D eigenvalue weighted by Crippen LogP contribution is -2.31. The van der Waals surface area contributed by atoms with Gasteiger partial charge in [0.25, 0.3) is 0 Å². The second-order valence-electron chi connectivity index (χ2n) is 4.61. The summed E-state index contributed by atoms with van der Waals surface area (Å²) in [5.41, 5.74) is -1.32. The Bertz CT molecular complexity index is 476. The largest absolute Gasteiger partial charge is 0.424 e. The van der Waals surface area contributed by atoms with Crippen LogP contribution in [-0.4, -0.2) is 20.1 Å². The van der Waals surface area contributed by atoms with E-state index in [1.54, 1.807) is 13.8 Å². The predicted molar refractivity (Wildman–Crippen MR) is 50.6 cm³/mol. The molecule has 0 atom stereocenters. The van der Waals surface area contributed by atoms with Crippen LogP contribution in [0.4, 0.5) is 0 Å². The second-order valence-corrected chi connectivity index (χ2v) is 4.61. The van der Waals surface area contributed by atoms with Gasteiger partial charge in [-0.1, -0.05) is 5.10 Å². The number of fused-ring (bicyclic) bond motifs is 1. The van der Waals surface area contributed by atoms with Crippen molar-refractivity contribution in [1.82, 2.24) is 14.9 Å². The summed E-state index contributed by atoms with van der Waals surface area (Å²) in [6, 6.07) is 0. The standard InChI is InChI=1S/C9H13N3O3/c1-8(2)5-6(9(3,4)15-8)12(14)7(13)11-10-5/h14H,1-4H3. The normalized spacial score (nSPS) is 21.3. The van der Waals surface area contributed by atoms with Crippen LogP contribution in [0.2, 0.25) is 0 Å². The van der Waals surface area contributed by atoms with Crippen LogP contribution in [0.3, 0.4) is 0 Å². The molecule has 15 heavy (non-hydrogen) atoms. The third-order valence-electron chi connectivity index (χ3n) is 2.50. The molecule has 1 aliphatic heterocycles. The Morgan fingerprint density at radius 3 is 2.40 bits per heavy atom. The highest BCUT2D eigenvalue weighted by Gasteiger charge is 2.47. The first-order valence-electron chi connectivity index (χ1n) is 4.66. The molecular weight excluding hydrogens is 198 g/mol. The van der Waals surface area contributed by atoms with Crippen LogP contribution in [-0.2, 0) is 15.9 Å². The van der Waals surface area contributed by atoms with Crippen LogP contribution in [0.25, 0.3) is 0 Å². The lowest BCUT2D eigenvalue weighted by molar-refractivity contribution is -0.111. The Morgan fingerprint density at radius 2 is 1.80 bits per heavy atom. The molecule has 0 bridgehead atoms. The summed E-state index contributed by atoms with van der Waals surface area (Å²) >= 11 is 0. The van der Waals surface area contributed by atoms with E-state index in [1.165, 1.54) is 0 Å². The van der Waals surface area contributed by atoms with Gasteiger partial charge < -0.3 is 9.94 Å². The molecule has 1 aliphatic rings. The first-order chi connectivity index (χ1) is 6.76. The van der Waals surface area contributed by atoms with E-state index in [9.17, 15) is 10.0 Å². The zero-order chi connectivity index (χ0) is 11.4. The van der Waals surface area contributed by atoms with E-state index in [0.29, 0.717) is 16.1 Å². The van der Waals surface area contributed by atoms with Gasteiger partial charge in [-0.25, -0.2) is 4.79 Å². The van der Waals surface area contributed by atoms with Gasteiger partial charge in [-0.15, -0.1) is 9.83 Å². The number of nitrogens with zero attached hydrogens (tertiary/aromatic N) is 3. The number of hydrogen-bond donors (Lipinski definition) is 1. The Labute approximate surface area is 86.5 Å². The van der Waals surface area contributed by atoms with Crippen LogP contribution in [0.15, 0.2) is 4.79 Å². The van der Waals surface area contributed by atoms with Gasteiger partial charge in [0.15, 0.2) is 0 Å². The van der Waals surface area contributed by atoms with Crippen LogP contribution in [0.1, 0.15) is 39.1 Å². The number of hydrogen-bond acceptors (Lipinski definition) is 5. The molecule has 0 spiro atoms. The zero-order valence-corrected chi connectivity index (χ0v) is 9.11. The van der Waals surface area contributed by atoms with Crippen LogP contribution < -0.4 is 5.69 Å². The van der Waals surface area contributed by atoms with Gasteiger partial charge in [-0.2, -0.15) is 0 Å². The van der Waals surface area contributed by atoms with Crippen molar-refractivity contribution in [2.24, 2.45) is 0 Å². The van der Waals surface area contributed by atoms with E-state index in [2.05, 4.69) is 10.2 Å². The first-order valence-corrected chi connectivity index (χ1v) is 4.66. The summed E-state index contributed by atoms with van der Waals surface area (Å²) in [6.07, 6.45) is 0. The third-order valence-corrected chi connectivity index (χ3v) is 2.50. The van der Waals surface area contributed by atoms with Crippen molar-refractivity contribution in [2.75, 3.05) is 0 Å². The summed E-state index contributed by atoms with van der Waals surface area (Å²) in [6.45, 7) is 7.18. The molecule has 0 amide bonds. The van der Waals surface area contributed by atoms with Crippen molar-refractivity contribution < 1.29 is 9.94 Å². The fourth-order valence-electron chi connectivity index (χ4n) is 2.06. The molecule has 0 saturated heterocycles. The SMILES string of the molecule is CC1(C)OC(C)(C)c2c1nnc(=O)n2O. The maximum absolute atomic E-state index is 11.2. The Hall–Kier alpha value is -1.43. The van der Waals surface area contributed by atoms with Crippen molar-refractivity contribution in [3.05, 3.63) is 21.9 Å². The molecule has 0 radical (unpaired) electrons. The van der Waals surface area contributed by atoms with Crippen LogP contribution in [0.5, 0.6) is 0 Å². The quantitative estimate of drug-likeness (QED) is 0.627. The maximum Gasteiger partial charge on any atom is 0.399 e. The molecule has 0 saturated carbocycles. The molecule has 82 valence electrons. The molecule has 6 heteroatoms. The van der Waals surface area contributed by atoms with E-state index in [-0.39, 0.29) is 0 Å². The van der Waals surface area contributed by atoms with Gasteiger partial charge >= 0.3 is 5.69 Å². The van der Waals surface area contributed by atoms with Crippen molar-refractivity contribution in [3.63, 3.8) is 0 Å². The molecule has 0 fully saturated rings. The van der Waals surface area contributed by atoms with Crippen LogP contribution >= 0.6 is 0 Å². The summed E-state index contributed by atoms with van der Waals surface area (Å²) in [4.78, 5) is 11.2. The Kier molecular flexibility index (Phi) is 1.73. The maximum atomic E-state index is 11.2. The highest BCUT2D eigenvalue weighted by atomic mass is 16.5. The van der Waals surface area contributed by atoms with Crippen molar-refractivity contribution >= 4 is 0 Å². The van der Waals surface area contributed by atoms with Gasteiger partial charge in [0.2, 0.25) is 0 Å². The lowest BCUT2D eigenvalue weighted by Gasteiger charge is -2.23. The molecule has 1 N–H and O–H groups in total. The summed E-state index contributed by atoms with van der Waals surface area (Å²) in [5, 5.41) is 16.7. The molecule has 0 aromatic carbocycles. The van der Waals surface area contributed by atoms with Crippen molar-refractivity contribution in [2.45, 2.75) is 38.9 Å². The molecule has 0 unspecified atom stereocenters. The summed E-state index contributed by atoms with van der Waals surface area (Å²) in [7, 11) is 0. The molecule has 0 aliphatic carbocycles. The van der Waals surface area contributed by atoms with Crippen molar-refractivity contribution in [3.8, 4) is 0 Å². The number of rotatable bonds is 0. The minimum atomic E-state index is -0.789. The smallest absolute Gasteiger partial charge is 0.399 e. The molecule has 1 aromatic heterocycles. The minimum absolute atomic E-state index is 0.368. The summed E-state index contributed by atoms with van der Waals surface area (Å²) in [5.74, 6) is 0. The fourth-order valence-corrected chi connectivity index (χ4v) is 2.06. The first kappa shape index (κ1) is 10.1. The van der Waals surface area contributed by atoms with Gasteiger partial charge in [0.05, 0.1) is 0 Å². The molecule has 2 heterocycles. The average molecular weight is 211 g/mol. The molecular formula is C9H13N3O3. The molecule has 6 nitrogen and oxygen atoms in total. The third kappa shape index (κ3) is 1.25. The topological polar surface area (TPSA) is 77.2 Å². The van der Waals surface area contributed by atoms with Gasteiger partial charge in [0.1, 0.15) is 22.6 Å². The zero-order valence-electron chi connectivity index (χ0n) is 9.11. The summed E-state index contributed by atoms with van der Waals surface area (Å²) < 4.78 is 6.23. The van der Waals surface area contributed by atoms with Gasteiger partial charge in [0, 0.05) is 0 Å². The lowest BCUT2D eigenvalue weighted by atomic mass is 10.0. The van der Waals surface area contributed by atoms with E-state index >= 15 is 0 Å². The fraction of sp³-hybridized carbons (Fsp3) is 0.667. The van der Waals surface area contributed by atoms with Gasteiger partial charge in [-0.05, 0) is 27.7 Å². The monoisotopic (exact) mass is 211 g/mol. The predicted octanol–water partition coefficient (Wildman–Crippen LogP) is 0.376. The number of ether oxygens (including phenoxy) is 1. The minimum Gasteiger partial charge on any atom is -0.424 e. The van der Waals surface area contributed by atoms with E-state index in [1.807, 2.05) is 13.8 Å². The highest BCUT2D eigenvalue weighted by Crippen LogP contribution is 2.44. The van der Waals surface area contributed by atoms with E-state index in [4.69, 9.17) is 4.74 Å². The van der Waals surface area contributed by atoms with E-state index in [0.717, 1.165) is 0 Å². The average Bonchev–Trinajstić information content (AvgIpc) is 2.24. The second kappa shape index (κ2) is 2.57. The van der Waals surface area contributed by atoms with Crippen molar-refractivity contribution in [1.29, 1.82) is 0 Å². The highest BCUT2D eigenvalue weighted by molar-refractivity contribution is 5.27. The Morgan fingerprint density at radius 1 is 1.20 bits per heavy atom. The number of aromatic nitrogens is 3.